The summed E-state index contributed by atoms with van der Waals surface area (Å²) in [6, 6.07) is 8.17. The summed E-state index contributed by atoms with van der Waals surface area (Å²) in [5, 5.41) is 2.64. The van der Waals surface area contributed by atoms with E-state index in [1.165, 1.54) is 20.3 Å². The summed E-state index contributed by atoms with van der Waals surface area (Å²) >= 11 is 0. The molecular formula is C20H23F3N2O5S. The van der Waals surface area contributed by atoms with E-state index in [2.05, 4.69) is 5.32 Å². The number of rotatable bonds is 8. The number of sulfonamides is 1. The average molecular weight is 460 g/mol. The molecule has 0 heterocycles. The number of halogens is 3. The molecule has 7 nitrogen and oxygen atoms in total. The van der Waals surface area contributed by atoms with Crippen molar-refractivity contribution in [2.75, 3.05) is 31.3 Å². The van der Waals surface area contributed by atoms with E-state index < -0.39 is 40.3 Å². The molecule has 1 unspecified atom stereocenters. The molecule has 0 aromatic heterocycles. The Hall–Kier alpha value is -2.95. The Morgan fingerprint density at radius 1 is 1.13 bits per heavy atom. The Morgan fingerprint density at radius 3 is 2.35 bits per heavy atom. The molecule has 0 saturated heterocycles. The van der Waals surface area contributed by atoms with Crippen molar-refractivity contribution in [3.05, 3.63) is 53.6 Å². The third-order valence-corrected chi connectivity index (χ3v) is 5.57. The lowest BCUT2D eigenvalue weighted by Crippen LogP contribution is -2.41. The lowest BCUT2D eigenvalue weighted by molar-refractivity contribution is -0.137. The Kier molecular flexibility index (Phi) is 7.42. The molecule has 31 heavy (non-hydrogen) atoms. The van der Waals surface area contributed by atoms with Gasteiger partial charge in [-0.3, -0.25) is 9.10 Å². The number of ether oxygens (including phenoxy) is 2. The molecule has 2 aromatic rings. The summed E-state index contributed by atoms with van der Waals surface area (Å²) in [4.78, 5) is 12.6. The van der Waals surface area contributed by atoms with E-state index in [0.29, 0.717) is 27.4 Å². The first-order valence-corrected chi connectivity index (χ1v) is 10.9. The van der Waals surface area contributed by atoms with Gasteiger partial charge in [-0.1, -0.05) is 6.07 Å². The Bertz CT molecular complexity index is 1040. The van der Waals surface area contributed by atoms with Crippen LogP contribution in [0.3, 0.4) is 0 Å². The first kappa shape index (κ1) is 24.3. The van der Waals surface area contributed by atoms with Crippen LogP contribution in [0.4, 0.5) is 18.9 Å². The zero-order chi connectivity index (χ0) is 23.4. The monoisotopic (exact) mass is 460 g/mol. The van der Waals surface area contributed by atoms with Crippen LogP contribution in [0.25, 0.3) is 0 Å². The predicted octanol–water partition coefficient (Wildman–Crippen LogP) is 3.37. The molecule has 2 aromatic carbocycles. The van der Waals surface area contributed by atoms with E-state index in [1.807, 2.05) is 0 Å². The van der Waals surface area contributed by atoms with Crippen LogP contribution in [-0.2, 0) is 21.0 Å². The molecule has 0 aliphatic rings. The van der Waals surface area contributed by atoms with Gasteiger partial charge in [0.15, 0.2) is 0 Å². The number of carbonyl (C=O) groups excluding carboxylic acids is 1. The molecule has 0 saturated carbocycles. The maximum Gasteiger partial charge on any atom is 0.416 e. The number of benzene rings is 2. The summed E-state index contributed by atoms with van der Waals surface area (Å²) in [5.41, 5.74) is -0.701. The van der Waals surface area contributed by atoms with Gasteiger partial charge in [-0.2, -0.15) is 13.2 Å². The number of hydrogen-bond acceptors (Lipinski definition) is 5. The smallest absolute Gasteiger partial charge is 0.416 e. The SMILES string of the molecule is COc1ccc(OC)c(C(C)NC(=O)CN(c2cccc(C(F)(F)F)c2)S(C)(=O)=O)c1. The number of anilines is 1. The minimum absolute atomic E-state index is 0.265. The van der Waals surface area contributed by atoms with Crippen molar-refractivity contribution in [1.82, 2.24) is 5.32 Å². The number of nitrogens with zero attached hydrogens (tertiary/aromatic N) is 1. The zero-order valence-electron chi connectivity index (χ0n) is 17.4. The van der Waals surface area contributed by atoms with Gasteiger partial charge in [0.2, 0.25) is 15.9 Å². The molecule has 0 fully saturated rings. The van der Waals surface area contributed by atoms with Gasteiger partial charge in [-0.15, -0.1) is 0 Å². The van der Waals surface area contributed by atoms with Crippen molar-refractivity contribution in [2.24, 2.45) is 0 Å². The second kappa shape index (κ2) is 9.46. The van der Waals surface area contributed by atoms with Gasteiger partial charge in [-0.25, -0.2) is 8.42 Å². The fourth-order valence-electron chi connectivity index (χ4n) is 2.91. The number of hydrogen-bond donors (Lipinski definition) is 1. The predicted molar refractivity (Wildman–Crippen MR) is 110 cm³/mol. The minimum atomic E-state index is -4.65. The molecule has 0 aliphatic heterocycles. The molecular weight excluding hydrogens is 437 g/mol. The van der Waals surface area contributed by atoms with Crippen LogP contribution in [0.1, 0.15) is 24.1 Å². The summed E-state index contributed by atoms with van der Waals surface area (Å²) in [6.07, 6.45) is -3.84. The lowest BCUT2D eigenvalue weighted by Gasteiger charge is -2.24. The summed E-state index contributed by atoms with van der Waals surface area (Å²) in [6.45, 7) is 0.959. The van der Waals surface area contributed by atoms with Gasteiger partial charge in [-0.05, 0) is 43.3 Å². The van der Waals surface area contributed by atoms with Crippen LogP contribution in [-0.4, -0.2) is 41.3 Å². The van der Waals surface area contributed by atoms with Crippen LogP contribution in [0.2, 0.25) is 0 Å². The molecule has 1 atom stereocenters. The molecule has 1 amide bonds. The van der Waals surface area contributed by atoms with Gasteiger partial charge in [0.25, 0.3) is 0 Å². The fraction of sp³-hybridized carbons (Fsp3) is 0.350. The van der Waals surface area contributed by atoms with E-state index >= 15 is 0 Å². The standard InChI is InChI=1S/C20H23F3N2O5S/c1-13(17-11-16(29-2)8-9-18(17)30-3)24-19(26)12-25(31(4,27)28)15-7-5-6-14(10-15)20(21,22)23/h5-11,13H,12H2,1-4H3,(H,24,26). The van der Waals surface area contributed by atoms with E-state index in [0.717, 1.165) is 18.4 Å². The van der Waals surface area contributed by atoms with Crippen LogP contribution in [0.5, 0.6) is 11.5 Å². The first-order chi connectivity index (χ1) is 14.4. The Balaban J connectivity index is 2.27. The first-order valence-electron chi connectivity index (χ1n) is 9.03. The molecule has 11 heteroatoms. The molecule has 0 bridgehead atoms. The zero-order valence-corrected chi connectivity index (χ0v) is 18.2. The number of methoxy groups -OCH3 is 2. The molecule has 170 valence electrons. The number of amides is 1. The molecule has 0 aliphatic carbocycles. The summed E-state index contributed by atoms with van der Waals surface area (Å²) in [7, 11) is -1.10. The highest BCUT2D eigenvalue weighted by Crippen LogP contribution is 2.32. The normalized spacial score (nSPS) is 12.7. The maximum atomic E-state index is 13.0. The number of carbonyl (C=O) groups is 1. The second-order valence-corrected chi connectivity index (χ2v) is 8.62. The third kappa shape index (κ3) is 6.27. The second-order valence-electron chi connectivity index (χ2n) is 6.71. The Labute approximate surface area is 178 Å². The molecule has 0 spiro atoms. The quantitative estimate of drug-likeness (QED) is 0.653. The average Bonchev–Trinajstić information content (AvgIpc) is 2.70. The van der Waals surface area contributed by atoms with E-state index in [4.69, 9.17) is 9.47 Å². The highest BCUT2D eigenvalue weighted by molar-refractivity contribution is 7.92. The highest BCUT2D eigenvalue weighted by atomic mass is 32.2. The van der Waals surface area contributed by atoms with Gasteiger partial charge in [0, 0.05) is 5.56 Å². The molecule has 2 rings (SSSR count). The van der Waals surface area contributed by atoms with E-state index in [1.54, 1.807) is 25.1 Å². The summed E-state index contributed by atoms with van der Waals surface area (Å²) < 4.78 is 74.5. The van der Waals surface area contributed by atoms with Crippen molar-refractivity contribution < 1.29 is 35.9 Å². The number of nitrogens with one attached hydrogen (secondary N) is 1. The maximum absolute atomic E-state index is 13.0. The van der Waals surface area contributed by atoms with Gasteiger partial charge in [0.1, 0.15) is 18.0 Å². The van der Waals surface area contributed by atoms with Gasteiger partial charge >= 0.3 is 6.18 Å². The van der Waals surface area contributed by atoms with Gasteiger partial charge in [0.05, 0.1) is 37.8 Å². The van der Waals surface area contributed by atoms with Crippen molar-refractivity contribution in [3.8, 4) is 11.5 Å². The van der Waals surface area contributed by atoms with Crippen molar-refractivity contribution in [3.63, 3.8) is 0 Å². The third-order valence-electron chi connectivity index (χ3n) is 4.43. The van der Waals surface area contributed by atoms with Crippen LogP contribution in [0.15, 0.2) is 42.5 Å². The van der Waals surface area contributed by atoms with Gasteiger partial charge < -0.3 is 14.8 Å². The topological polar surface area (TPSA) is 84.9 Å². The van der Waals surface area contributed by atoms with Crippen molar-refractivity contribution >= 4 is 21.6 Å². The lowest BCUT2D eigenvalue weighted by atomic mass is 10.1. The number of alkyl halides is 3. The minimum Gasteiger partial charge on any atom is -0.497 e. The summed E-state index contributed by atoms with van der Waals surface area (Å²) in [5.74, 6) is 0.297. The largest absolute Gasteiger partial charge is 0.497 e. The fourth-order valence-corrected chi connectivity index (χ4v) is 3.76. The van der Waals surface area contributed by atoms with Crippen LogP contribution in [0, 0.1) is 0 Å². The van der Waals surface area contributed by atoms with Crippen LogP contribution >= 0.6 is 0 Å². The van der Waals surface area contributed by atoms with Crippen molar-refractivity contribution in [1.29, 1.82) is 0 Å². The highest BCUT2D eigenvalue weighted by Gasteiger charge is 2.32. The molecule has 1 N–H and O–H groups in total. The molecule has 0 radical (unpaired) electrons. The van der Waals surface area contributed by atoms with Crippen LogP contribution < -0.4 is 19.1 Å². The Morgan fingerprint density at radius 2 is 1.81 bits per heavy atom. The van der Waals surface area contributed by atoms with E-state index in [9.17, 15) is 26.4 Å². The van der Waals surface area contributed by atoms with E-state index in [-0.39, 0.29) is 5.69 Å². The van der Waals surface area contributed by atoms with Crippen molar-refractivity contribution in [2.45, 2.75) is 19.1 Å².